The predicted molar refractivity (Wildman–Crippen MR) is 57.4 cm³/mol. The maximum absolute atomic E-state index is 5.80. The Morgan fingerprint density at radius 3 is 2.43 bits per heavy atom. The molecular formula is C6H10Cl3O4P. The molecule has 14 heavy (non-hydrogen) atoms. The topological polar surface area (TPSA) is 36.9 Å². The fourth-order valence-electron chi connectivity index (χ4n) is 0.520. The first-order valence-corrected chi connectivity index (χ1v) is 5.72. The van der Waals surface area contributed by atoms with Crippen molar-refractivity contribution in [1.29, 1.82) is 0 Å². The second-order valence-electron chi connectivity index (χ2n) is 2.08. The average Bonchev–Trinajstić information content (AvgIpc) is 2.20. The lowest BCUT2D eigenvalue weighted by molar-refractivity contribution is 0.144. The fourth-order valence-corrected chi connectivity index (χ4v) is 1.66. The van der Waals surface area contributed by atoms with Crippen LogP contribution in [0.3, 0.4) is 0 Å². The van der Waals surface area contributed by atoms with Gasteiger partial charge in [0.05, 0.1) is 48.9 Å². The Morgan fingerprint density at radius 1 is 1.29 bits per heavy atom. The number of hydrogen-bond donors (Lipinski definition) is 0. The minimum atomic E-state index is -1.74. The van der Waals surface area contributed by atoms with Crippen LogP contribution in [0.25, 0.3) is 0 Å². The first-order chi connectivity index (χ1) is 6.74. The van der Waals surface area contributed by atoms with Gasteiger partial charge in [-0.2, -0.15) is 8.15 Å². The van der Waals surface area contributed by atoms with Gasteiger partial charge < -0.3 is 9.26 Å². The molecule has 0 saturated carbocycles. The van der Waals surface area contributed by atoms with Crippen LogP contribution in [-0.2, 0) is 17.4 Å². The van der Waals surface area contributed by atoms with Gasteiger partial charge in [0.25, 0.3) is 0 Å². The number of hydrogen-bond acceptors (Lipinski definition) is 4. The van der Waals surface area contributed by atoms with Crippen LogP contribution in [0.5, 0.6) is 0 Å². The highest BCUT2D eigenvalue weighted by molar-refractivity contribution is 7.43. The van der Waals surface area contributed by atoms with Gasteiger partial charge in [-0.15, -0.1) is 18.2 Å². The van der Waals surface area contributed by atoms with Crippen molar-refractivity contribution in [3.05, 3.63) is 12.7 Å². The van der Waals surface area contributed by atoms with Crippen molar-refractivity contribution in [1.82, 2.24) is 0 Å². The summed E-state index contributed by atoms with van der Waals surface area (Å²) < 4.78 is 18.5. The largest absolute Gasteiger partial charge is 0.376 e. The summed E-state index contributed by atoms with van der Waals surface area (Å²) >= 11 is 15.8. The van der Waals surface area contributed by atoms with Gasteiger partial charge >= 0.3 is 8.60 Å². The van der Waals surface area contributed by atoms with Crippen LogP contribution in [0, 0.1) is 0 Å². The molecule has 0 spiro atoms. The highest BCUT2D eigenvalue weighted by Gasteiger charge is 2.14. The molecule has 0 aliphatic carbocycles. The lowest BCUT2D eigenvalue weighted by Crippen LogP contribution is -2.15. The molecule has 0 aromatic heterocycles. The highest BCUT2D eigenvalue weighted by Crippen LogP contribution is 2.42. The normalized spacial score (nSPS) is 13.1. The lowest BCUT2D eigenvalue weighted by Gasteiger charge is -2.11. The van der Waals surface area contributed by atoms with Crippen molar-refractivity contribution in [2.45, 2.75) is 5.38 Å². The summed E-state index contributed by atoms with van der Waals surface area (Å²) in [4.78, 5) is 0. The summed E-state index contributed by atoms with van der Waals surface area (Å²) in [6.07, 6.45) is 1.63. The maximum atomic E-state index is 5.80. The van der Waals surface area contributed by atoms with Crippen LogP contribution in [-0.4, -0.2) is 25.2 Å². The van der Waals surface area contributed by atoms with Crippen LogP contribution >= 0.6 is 43.9 Å². The zero-order valence-corrected chi connectivity index (χ0v) is 10.4. The second-order valence-corrected chi connectivity index (χ2v) is 4.51. The Balaban J connectivity index is 3.41. The molecule has 0 rings (SSSR count). The lowest BCUT2D eigenvalue weighted by atomic mass is 10.5. The number of halogens is 3. The number of rotatable bonds is 9. The molecule has 0 heterocycles. The first kappa shape index (κ1) is 14.9. The van der Waals surface area contributed by atoms with E-state index in [1.54, 1.807) is 6.08 Å². The molecule has 8 heteroatoms. The Hall–Kier alpha value is 0.880. The van der Waals surface area contributed by atoms with Gasteiger partial charge in [0, 0.05) is 0 Å². The van der Waals surface area contributed by atoms with Gasteiger partial charge in [0.2, 0.25) is 0 Å². The van der Waals surface area contributed by atoms with E-state index in [-0.39, 0.29) is 12.0 Å². The van der Waals surface area contributed by atoms with Crippen molar-refractivity contribution in [3.63, 3.8) is 0 Å². The molecule has 0 aromatic carbocycles. The van der Waals surface area contributed by atoms with Crippen LogP contribution < -0.4 is 0 Å². The number of ether oxygens (including phenoxy) is 1. The Bertz CT molecular complexity index is 147. The molecule has 0 N–H and O–H groups in total. The van der Waals surface area contributed by atoms with Crippen LogP contribution in [0.15, 0.2) is 12.7 Å². The molecule has 4 nitrogen and oxygen atoms in total. The van der Waals surface area contributed by atoms with E-state index in [0.717, 1.165) is 0 Å². The zero-order chi connectivity index (χ0) is 10.8. The molecule has 1 unspecified atom stereocenters. The highest BCUT2D eigenvalue weighted by atomic mass is 35.5. The van der Waals surface area contributed by atoms with Crippen molar-refractivity contribution in [2.24, 2.45) is 0 Å². The summed E-state index contributed by atoms with van der Waals surface area (Å²) in [6.45, 7) is 4.43. The average molecular weight is 283 g/mol. The van der Waals surface area contributed by atoms with E-state index in [1.807, 2.05) is 0 Å². The predicted octanol–water partition coefficient (Wildman–Crippen LogP) is 3.38. The molecule has 1 atom stereocenters. The van der Waals surface area contributed by atoms with Gasteiger partial charge in [-0.1, -0.05) is 6.08 Å². The molecule has 0 aliphatic heterocycles. The van der Waals surface area contributed by atoms with Gasteiger partial charge in [-0.3, -0.25) is 0 Å². The summed E-state index contributed by atoms with van der Waals surface area (Å²) in [6, 6.07) is 0. The Labute approximate surface area is 99.3 Å². The molecular weight excluding hydrogens is 273 g/mol. The van der Waals surface area contributed by atoms with Crippen LogP contribution in [0.2, 0.25) is 0 Å². The fraction of sp³-hybridized carbons (Fsp3) is 0.667. The second kappa shape index (κ2) is 10.4. The molecule has 0 radical (unpaired) electrons. The van der Waals surface area contributed by atoms with Crippen LogP contribution in [0.1, 0.15) is 0 Å². The van der Waals surface area contributed by atoms with E-state index in [0.29, 0.717) is 13.2 Å². The smallest absolute Gasteiger partial charge is 0.368 e. The van der Waals surface area contributed by atoms with Crippen LogP contribution in [0.4, 0.5) is 0 Å². The molecule has 0 amide bonds. The third-order valence-corrected chi connectivity index (χ3v) is 2.52. The molecule has 0 bridgehead atoms. The monoisotopic (exact) mass is 282 g/mol. The number of alkyl halides is 1. The minimum Gasteiger partial charge on any atom is -0.376 e. The Kier molecular flexibility index (Phi) is 11.1. The molecule has 84 valence electrons. The zero-order valence-electron chi connectivity index (χ0n) is 7.20. The summed E-state index contributed by atoms with van der Waals surface area (Å²) in [5.41, 5.74) is 0. The summed E-state index contributed by atoms with van der Waals surface area (Å²) in [5, 5.41) is -0.321. The van der Waals surface area contributed by atoms with E-state index in [4.69, 9.17) is 44.6 Å². The van der Waals surface area contributed by atoms with E-state index < -0.39 is 8.60 Å². The molecule has 0 aromatic rings. The van der Waals surface area contributed by atoms with Gasteiger partial charge in [0.15, 0.2) is 0 Å². The van der Waals surface area contributed by atoms with E-state index in [9.17, 15) is 0 Å². The van der Waals surface area contributed by atoms with Gasteiger partial charge in [-0.05, 0) is 0 Å². The molecule has 0 fully saturated rings. The molecule has 0 aliphatic rings. The third-order valence-electron chi connectivity index (χ3n) is 1.01. The van der Waals surface area contributed by atoms with Crippen molar-refractivity contribution in [3.8, 4) is 0 Å². The standard InChI is InChI=1S/C6H10Cl3O4P/c1-2-3-10-4-6(7)5-11-14(12-8)13-9/h2,6H,1,3-5H2. The summed E-state index contributed by atoms with van der Waals surface area (Å²) in [5.74, 6) is 0. The van der Waals surface area contributed by atoms with Gasteiger partial charge in [-0.25, -0.2) is 0 Å². The maximum Gasteiger partial charge on any atom is 0.368 e. The third kappa shape index (κ3) is 8.21. The SMILES string of the molecule is C=CCOCC(Cl)COP(OCl)OCl. The Morgan fingerprint density at radius 2 is 1.93 bits per heavy atom. The van der Waals surface area contributed by atoms with Crippen molar-refractivity contribution < 1.29 is 17.4 Å². The van der Waals surface area contributed by atoms with Crippen molar-refractivity contribution in [2.75, 3.05) is 19.8 Å². The van der Waals surface area contributed by atoms with Gasteiger partial charge in [0.1, 0.15) is 0 Å². The van der Waals surface area contributed by atoms with E-state index in [2.05, 4.69) is 14.7 Å². The van der Waals surface area contributed by atoms with Crippen molar-refractivity contribution >= 4 is 43.9 Å². The first-order valence-electron chi connectivity index (χ1n) is 3.57. The van der Waals surface area contributed by atoms with E-state index >= 15 is 0 Å². The quantitative estimate of drug-likeness (QED) is 0.281. The minimum absolute atomic E-state index is 0.170. The van der Waals surface area contributed by atoms with E-state index in [1.165, 1.54) is 0 Å². The molecule has 0 saturated heterocycles. The summed E-state index contributed by atoms with van der Waals surface area (Å²) in [7, 11) is -1.74.